The van der Waals surface area contributed by atoms with Crippen LogP contribution in [0, 0.1) is 6.92 Å². The largest absolute Gasteiger partial charge is 0.497 e. The number of anilines is 1. The lowest BCUT2D eigenvalue weighted by Gasteiger charge is -2.34. The molecule has 4 rings (SSSR count). The van der Waals surface area contributed by atoms with Crippen molar-refractivity contribution in [2.45, 2.75) is 69.5 Å². The summed E-state index contributed by atoms with van der Waals surface area (Å²) in [7, 11) is -2.71. The third-order valence-electron chi connectivity index (χ3n) is 7.71. The van der Waals surface area contributed by atoms with E-state index in [1.165, 1.54) is 30.2 Å². The zero-order valence-electron chi connectivity index (χ0n) is 24.3. The molecule has 0 aliphatic heterocycles. The molecule has 1 unspecified atom stereocenters. The highest BCUT2D eigenvalue weighted by Gasteiger charge is 2.34. The van der Waals surface area contributed by atoms with E-state index in [2.05, 4.69) is 5.32 Å². The molecule has 1 N–H and O–H groups in total. The molecule has 224 valence electrons. The lowest BCUT2D eigenvalue weighted by molar-refractivity contribution is -0.140. The molecule has 2 amide bonds. The second-order valence-corrected chi connectivity index (χ2v) is 12.8. The molecule has 3 aromatic carbocycles. The molecule has 1 saturated carbocycles. The third kappa shape index (κ3) is 7.44. The molecule has 0 aromatic heterocycles. The number of hydrogen-bond acceptors (Lipinski definition) is 5. The van der Waals surface area contributed by atoms with Crippen molar-refractivity contribution in [3.05, 3.63) is 88.9 Å². The Hall–Kier alpha value is -3.56. The lowest BCUT2D eigenvalue weighted by Crippen LogP contribution is -2.53. The number of aryl methyl sites for hydroxylation is 1. The Morgan fingerprint density at radius 1 is 1.02 bits per heavy atom. The number of halogens is 1. The molecule has 0 spiro atoms. The van der Waals surface area contributed by atoms with E-state index in [9.17, 15) is 18.0 Å². The van der Waals surface area contributed by atoms with Gasteiger partial charge in [0.2, 0.25) is 11.8 Å². The first kappa shape index (κ1) is 31.4. The molecule has 1 aliphatic carbocycles. The highest BCUT2D eigenvalue weighted by atomic mass is 35.5. The van der Waals surface area contributed by atoms with Gasteiger partial charge >= 0.3 is 0 Å². The fourth-order valence-electron chi connectivity index (χ4n) is 5.29. The van der Waals surface area contributed by atoms with Crippen LogP contribution in [0.15, 0.2) is 77.7 Å². The first-order chi connectivity index (χ1) is 20.1. The van der Waals surface area contributed by atoms with Gasteiger partial charge in [0.25, 0.3) is 10.0 Å². The standard InChI is InChI=1S/C32H38ClN3O5S/c1-4-30(32(38)34-26-13-7-8-14-26)35(21-24-11-6-5-10-23(24)2)31(37)22-36(27-15-9-12-25(33)20-27)42(39,40)29-18-16-28(41-3)17-19-29/h5-6,9-12,15-20,26,30H,4,7-8,13-14,21-22H2,1-3H3,(H,34,38). The van der Waals surface area contributed by atoms with Gasteiger partial charge in [-0.3, -0.25) is 13.9 Å². The molecule has 1 aliphatic rings. The van der Waals surface area contributed by atoms with E-state index in [4.69, 9.17) is 16.3 Å². The van der Waals surface area contributed by atoms with Crippen LogP contribution in [-0.2, 0) is 26.2 Å². The average molecular weight is 612 g/mol. The smallest absolute Gasteiger partial charge is 0.264 e. The van der Waals surface area contributed by atoms with E-state index in [-0.39, 0.29) is 29.1 Å². The monoisotopic (exact) mass is 611 g/mol. The molecular formula is C32H38ClN3O5S. The summed E-state index contributed by atoms with van der Waals surface area (Å²) in [5.41, 5.74) is 2.09. The van der Waals surface area contributed by atoms with Gasteiger partial charge in [0, 0.05) is 17.6 Å². The number of sulfonamides is 1. The van der Waals surface area contributed by atoms with Crippen LogP contribution in [0.2, 0.25) is 5.02 Å². The van der Waals surface area contributed by atoms with Crippen LogP contribution in [0.4, 0.5) is 5.69 Å². The van der Waals surface area contributed by atoms with Crippen LogP contribution in [-0.4, -0.2) is 50.9 Å². The number of methoxy groups -OCH3 is 1. The zero-order chi connectivity index (χ0) is 30.3. The van der Waals surface area contributed by atoms with E-state index in [1.807, 2.05) is 38.1 Å². The predicted octanol–water partition coefficient (Wildman–Crippen LogP) is 5.72. The van der Waals surface area contributed by atoms with E-state index >= 15 is 0 Å². The van der Waals surface area contributed by atoms with Crippen LogP contribution in [0.25, 0.3) is 0 Å². The van der Waals surface area contributed by atoms with Crippen molar-refractivity contribution in [2.24, 2.45) is 0 Å². The van der Waals surface area contributed by atoms with E-state index < -0.39 is 28.5 Å². The summed E-state index contributed by atoms with van der Waals surface area (Å²) >= 11 is 6.26. The Kier molecular flexibility index (Phi) is 10.5. The van der Waals surface area contributed by atoms with Gasteiger partial charge in [0.05, 0.1) is 17.7 Å². The number of rotatable bonds is 12. The van der Waals surface area contributed by atoms with Crippen molar-refractivity contribution in [3.8, 4) is 5.75 Å². The Labute approximate surface area is 253 Å². The highest BCUT2D eigenvalue weighted by Crippen LogP contribution is 2.28. The maximum absolute atomic E-state index is 14.2. The fourth-order valence-corrected chi connectivity index (χ4v) is 6.88. The molecule has 10 heteroatoms. The summed E-state index contributed by atoms with van der Waals surface area (Å²) in [4.78, 5) is 29.3. The molecule has 0 heterocycles. The normalized spacial score (nSPS) is 14.3. The first-order valence-corrected chi connectivity index (χ1v) is 16.0. The number of nitrogens with zero attached hydrogens (tertiary/aromatic N) is 2. The van der Waals surface area contributed by atoms with Gasteiger partial charge in [-0.25, -0.2) is 8.42 Å². The van der Waals surface area contributed by atoms with Crippen LogP contribution in [0.3, 0.4) is 0 Å². The maximum Gasteiger partial charge on any atom is 0.264 e. The summed E-state index contributed by atoms with van der Waals surface area (Å²) in [6.45, 7) is 3.45. The predicted molar refractivity (Wildman–Crippen MR) is 165 cm³/mol. The first-order valence-electron chi connectivity index (χ1n) is 14.2. The number of carbonyl (C=O) groups is 2. The zero-order valence-corrected chi connectivity index (χ0v) is 25.8. The van der Waals surface area contributed by atoms with Crippen molar-refractivity contribution in [1.29, 1.82) is 0 Å². The van der Waals surface area contributed by atoms with Gasteiger partial charge < -0.3 is 15.0 Å². The second-order valence-electron chi connectivity index (χ2n) is 10.5. The number of benzene rings is 3. The Morgan fingerprint density at radius 3 is 2.33 bits per heavy atom. The molecule has 1 atom stereocenters. The van der Waals surface area contributed by atoms with Gasteiger partial charge in [-0.15, -0.1) is 0 Å². The van der Waals surface area contributed by atoms with Crippen molar-refractivity contribution < 1.29 is 22.7 Å². The van der Waals surface area contributed by atoms with Gasteiger partial charge in [0.15, 0.2) is 0 Å². The Morgan fingerprint density at radius 2 is 1.71 bits per heavy atom. The minimum absolute atomic E-state index is 0.00690. The lowest BCUT2D eigenvalue weighted by atomic mass is 10.1. The summed E-state index contributed by atoms with van der Waals surface area (Å²) in [6, 6.07) is 19.3. The van der Waals surface area contributed by atoms with E-state index in [0.717, 1.165) is 41.1 Å². The fraction of sp³-hybridized carbons (Fsp3) is 0.375. The van der Waals surface area contributed by atoms with Gasteiger partial charge in [-0.2, -0.15) is 0 Å². The molecule has 8 nitrogen and oxygen atoms in total. The molecular weight excluding hydrogens is 574 g/mol. The van der Waals surface area contributed by atoms with Crippen LogP contribution in [0.5, 0.6) is 5.75 Å². The van der Waals surface area contributed by atoms with Gasteiger partial charge in [0.1, 0.15) is 18.3 Å². The van der Waals surface area contributed by atoms with Crippen molar-refractivity contribution >= 4 is 39.1 Å². The highest BCUT2D eigenvalue weighted by molar-refractivity contribution is 7.92. The summed E-state index contributed by atoms with van der Waals surface area (Å²) in [5, 5.41) is 3.46. The van der Waals surface area contributed by atoms with Crippen LogP contribution < -0.4 is 14.4 Å². The van der Waals surface area contributed by atoms with Gasteiger partial charge in [-0.1, -0.05) is 61.7 Å². The third-order valence-corrected chi connectivity index (χ3v) is 9.74. The molecule has 3 aromatic rings. The van der Waals surface area contributed by atoms with Crippen LogP contribution in [0.1, 0.15) is 50.2 Å². The topological polar surface area (TPSA) is 96.0 Å². The van der Waals surface area contributed by atoms with E-state index in [1.54, 1.807) is 30.3 Å². The number of ether oxygens (including phenoxy) is 1. The van der Waals surface area contributed by atoms with Crippen LogP contribution >= 0.6 is 11.6 Å². The number of hydrogen-bond donors (Lipinski definition) is 1. The molecule has 42 heavy (non-hydrogen) atoms. The molecule has 0 saturated heterocycles. The maximum atomic E-state index is 14.2. The van der Waals surface area contributed by atoms with Crippen molar-refractivity contribution in [2.75, 3.05) is 18.0 Å². The second kappa shape index (κ2) is 14.1. The molecule has 0 bridgehead atoms. The van der Waals surface area contributed by atoms with Crippen molar-refractivity contribution in [1.82, 2.24) is 10.2 Å². The summed E-state index contributed by atoms with van der Waals surface area (Å²) in [5.74, 6) is -0.217. The minimum atomic E-state index is -4.21. The number of amides is 2. The Bertz CT molecular complexity index is 1490. The molecule has 1 fully saturated rings. The number of carbonyl (C=O) groups excluding carboxylic acids is 2. The minimum Gasteiger partial charge on any atom is -0.497 e. The van der Waals surface area contributed by atoms with Gasteiger partial charge in [-0.05, 0) is 79.8 Å². The summed E-state index contributed by atoms with van der Waals surface area (Å²) in [6.07, 6.45) is 4.32. The van der Waals surface area contributed by atoms with Crippen molar-refractivity contribution in [3.63, 3.8) is 0 Å². The van der Waals surface area contributed by atoms with E-state index in [0.29, 0.717) is 17.2 Å². The average Bonchev–Trinajstić information content (AvgIpc) is 3.49. The molecule has 0 radical (unpaired) electrons. The SMILES string of the molecule is CCC(C(=O)NC1CCCC1)N(Cc1ccccc1C)C(=O)CN(c1cccc(Cl)c1)S(=O)(=O)c1ccc(OC)cc1. The number of nitrogens with one attached hydrogen (secondary N) is 1. The summed E-state index contributed by atoms with van der Waals surface area (Å²) < 4.78 is 34.3. The Balaban J connectivity index is 1.72. The quantitative estimate of drug-likeness (QED) is 0.283.